The van der Waals surface area contributed by atoms with Crippen LogP contribution in [-0.2, 0) is 16.0 Å². The number of imide groups is 1. The molecule has 0 aromatic heterocycles. The number of amides is 2. The van der Waals surface area contributed by atoms with Crippen LogP contribution in [0.4, 0.5) is 0 Å². The van der Waals surface area contributed by atoms with Crippen molar-refractivity contribution in [1.29, 1.82) is 0 Å². The summed E-state index contributed by atoms with van der Waals surface area (Å²) < 4.78 is 5.12. The van der Waals surface area contributed by atoms with E-state index in [1.807, 2.05) is 66.7 Å². The van der Waals surface area contributed by atoms with Gasteiger partial charge in [-0.2, -0.15) is 0 Å². The van der Waals surface area contributed by atoms with Crippen LogP contribution in [0.25, 0.3) is 11.1 Å². The molecule has 7 nitrogen and oxygen atoms in total. The van der Waals surface area contributed by atoms with Gasteiger partial charge in [0.15, 0.2) is 0 Å². The van der Waals surface area contributed by atoms with Crippen LogP contribution in [0.15, 0.2) is 78.9 Å². The first kappa shape index (κ1) is 24.7. The molecule has 2 amide bonds. The average molecular weight is 461 g/mol. The maximum Gasteiger partial charge on any atom is 0.320 e. The summed E-state index contributed by atoms with van der Waals surface area (Å²) in [4.78, 5) is 36.2. The second kappa shape index (κ2) is 12.3. The summed E-state index contributed by atoms with van der Waals surface area (Å²) >= 11 is 0. The molecule has 0 radical (unpaired) electrons. The SMILES string of the molecule is COc1ccc(CCN[C@@H](CCC(=O)NC(=O)c2ccc(-c3ccccc3)cc2)C(=O)O)cc1. The van der Waals surface area contributed by atoms with Crippen LogP contribution in [0.5, 0.6) is 5.75 Å². The number of benzene rings is 3. The molecule has 0 saturated heterocycles. The van der Waals surface area contributed by atoms with E-state index in [9.17, 15) is 19.5 Å². The number of carboxylic acid groups (broad SMARTS) is 1. The minimum Gasteiger partial charge on any atom is -0.497 e. The van der Waals surface area contributed by atoms with Gasteiger partial charge in [-0.3, -0.25) is 19.7 Å². The zero-order chi connectivity index (χ0) is 24.3. The summed E-state index contributed by atoms with van der Waals surface area (Å²) in [5.74, 6) is -1.30. The summed E-state index contributed by atoms with van der Waals surface area (Å²) in [5.41, 5.74) is 3.40. The molecule has 3 rings (SSSR count). The van der Waals surface area contributed by atoms with Crippen LogP contribution in [0, 0.1) is 0 Å². The molecule has 0 unspecified atom stereocenters. The molecular formula is C27H28N2O5. The van der Waals surface area contributed by atoms with Crippen molar-refractivity contribution in [2.75, 3.05) is 13.7 Å². The number of hydrogen-bond donors (Lipinski definition) is 3. The van der Waals surface area contributed by atoms with Crippen LogP contribution in [0.2, 0.25) is 0 Å². The second-order valence-electron chi connectivity index (χ2n) is 7.80. The van der Waals surface area contributed by atoms with Crippen molar-refractivity contribution in [3.8, 4) is 16.9 Å². The Morgan fingerprint density at radius 2 is 1.53 bits per heavy atom. The molecule has 0 bridgehead atoms. The minimum absolute atomic E-state index is 0.0734. The third-order valence-corrected chi connectivity index (χ3v) is 5.43. The fraction of sp³-hybridized carbons (Fsp3) is 0.222. The van der Waals surface area contributed by atoms with Crippen LogP contribution in [-0.4, -0.2) is 42.6 Å². The lowest BCUT2D eigenvalue weighted by molar-refractivity contribution is -0.139. The number of nitrogens with one attached hydrogen (secondary N) is 2. The molecule has 176 valence electrons. The first-order chi connectivity index (χ1) is 16.5. The molecule has 0 aliphatic heterocycles. The quantitative estimate of drug-likeness (QED) is 0.403. The number of carbonyl (C=O) groups excluding carboxylic acids is 2. The van der Waals surface area contributed by atoms with Crippen molar-refractivity contribution in [1.82, 2.24) is 10.6 Å². The Balaban J connectivity index is 1.45. The fourth-order valence-corrected chi connectivity index (χ4v) is 3.48. The average Bonchev–Trinajstić information content (AvgIpc) is 2.86. The predicted molar refractivity (Wildman–Crippen MR) is 130 cm³/mol. The number of rotatable bonds is 11. The molecule has 34 heavy (non-hydrogen) atoms. The Labute approximate surface area is 198 Å². The summed E-state index contributed by atoms with van der Waals surface area (Å²) in [7, 11) is 1.60. The molecule has 1 atom stereocenters. The van der Waals surface area contributed by atoms with Crippen LogP contribution >= 0.6 is 0 Å². The van der Waals surface area contributed by atoms with Crippen molar-refractivity contribution in [2.24, 2.45) is 0 Å². The zero-order valence-corrected chi connectivity index (χ0v) is 19.0. The summed E-state index contributed by atoms with van der Waals surface area (Å²) in [5, 5.41) is 14.7. The maximum absolute atomic E-state index is 12.4. The Morgan fingerprint density at radius 3 is 2.15 bits per heavy atom. The Bertz CT molecular complexity index is 1100. The third kappa shape index (κ3) is 7.28. The third-order valence-electron chi connectivity index (χ3n) is 5.43. The molecule has 3 N–H and O–H groups in total. The van der Waals surface area contributed by atoms with Crippen LogP contribution < -0.4 is 15.4 Å². The smallest absolute Gasteiger partial charge is 0.320 e. The predicted octanol–water partition coefficient (Wildman–Crippen LogP) is 3.68. The van der Waals surface area contributed by atoms with Crippen molar-refractivity contribution in [3.63, 3.8) is 0 Å². The van der Waals surface area contributed by atoms with Gasteiger partial charge in [0.05, 0.1) is 7.11 Å². The number of methoxy groups -OCH3 is 1. The molecular weight excluding hydrogens is 432 g/mol. The van der Waals surface area contributed by atoms with E-state index in [1.165, 1.54) is 0 Å². The lowest BCUT2D eigenvalue weighted by Crippen LogP contribution is -2.39. The Kier molecular flexibility index (Phi) is 8.94. The second-order valence-corrected chi connectivity index (χ2v) is 7.80. The van der Waals surface area contributed by atoms with E-state index in [-0.39, 0.29) is 12.8 Å². The zero-order valence-electron chi connectivity index (χ0n) is 19.0. The van der Waals surface area contributed by atoms with Crippen molar-refractivity contribution in [3.05, 3.63) is 90.0 Å². The van der Waals surface area contributed by atoms with Gasteiger partial charge in [0, 0.05) is 12.0 Å². The maximum atomic E-state index is 12.4. The van der Waals surface area contributed by atoms with E-state index >= 15 is 0 Å². The normalized spacial score (nSPS) is 11.4. The number of carbonyl (C=O) groups is 3. The van der Waals surface area contributed by atoms with E-state index in [4.69, 9.17) is 4.74 Å². The van der Waals surface area contributed by atoms with Gasteiger partial charge in [0.1, 0.15) is 11.8 Å². The highest BCUT2D eigenvalue weighted by atomic mass is 16.5. The van der Waals surface area contributed by atoms with Gasteiger partial charge < -0.3 is 15.2 Å². The first-order valence-corrected chi connectivity index (χ1v) is 11.0. The standard InChI is InChI=1S/C27H28N2O5/c1-34-23-13-7-19(8-14-23)17-18-28-24(27(32)33)15-16-25(30)29-26(31)22-11-9-21(10-12-22)20-5-3-2-4-6-20/h2-14,24,28H,15-18H2,1H3,(H,32,33)(H,29,30,31)/t24-/m0/s1. The number of aliphatic carboxylic acids is 1. The molecule has 7 heteroatoms. The lowest BCUT2D eigenvalue weighted by Gasteiger charge is -2.14. The van der Waals surface area contributed by atoms with Crippen molar-refractivity contribution >= 4 is 17.8 Å². The molecule has 0 spiro atoms. The topological polar surface area (TPSA) is 105 Å². The van der Waals surface area contributed by atoms with Gasteiger partial charge in [0.25, 0.3) is 5.91 Å². The molecule has 3 aromatic carbocycles. The van der Waals surface area contributed by atoms with E-state index in [2.05, 4.69) is 10.6 Å². The van der Waals surface area contributed by atoms with E-state index in [1.54, 1.807) is 19.2 Å². The van der Waals surface area contributed by atoms with Gasteiger partial charge in [-0.15, -0.1) is 0 Å². The molecule has 3 aromatic rings. The Hall–Kier alpha value is -3.97. The van der Waals surface area contributed by atoms with Crippen molar-refractivity contribution < 1.29 is 24.2 Å². The molecule has 0 aliphatic carbocycles. The van der Waals surface area contributed by atoms with E-state index in [0.29, 0.717) is 18.5 Å². The van der Waals surface area contributed by atoms with Crippen LogP contribution in [0.3, 0.4) is 0 Å². The highest BCUT2D eigenvalue weighted by Crippen LogP contribution is 2.19. The molecule has 0 heterocycles. The monoisotopic (exact) mass is 460 g/mol. The number of carboxylic acids is 1. The summed E-state index contributed by atoms with van der Waals surface area (Å²) in [6.45, 7) is 0.442. The number of ether oxygens (including phenoxy) is 1. The van der Waals surface area contributed by atoms with Gasteiger partial charge >= 0.3 is 5.97 Å². The van der Waals surface area contributed by atoms with E-state index < -0.39 is 23.8 Å². The molecule has 0 saturated carbocycles. The van der Waals surface area contributed by atoms with E-state index in [0.717, 1.165) is 22.4 Å². The Morgan fingerprint density at radius 1 is 0.882 bits per heavy atom. The first-order valence-electron chi connectivity index (χ1n) is 11.0. The summed E-state index contributed by atoms with van der Waals surface area (Å²) in [6.07, 6.45) is 0.627. The lowest BCUT2D eigenvalue weighted by atomic mass is 10.0. The van der Waals surface area contributed by atoms with Gasteiger partial charge in [-0.1, -0.05) is 54.6 Å². The highest BCUT2D eigenvalue weighted by molar-refractivity contribution is 6.04. The largest absolute Gasteiger partial charge is 0.497 e. The van der Waals surface area contributed by atoms with Gasteiger partial charge in [0.2, 0.25) is 5.91 Å². The molecule has 0 aliphatic rings. The minimum atomic E-state index is -1.04. The van der Waals surface area contributed by atoms with Gasteiger partial charge in [-0.05, 0) is 60.3 Å². The fourth-order valence-electron chi connectivity index (χ4n) is 3.48. The molecule has 0 fully saturated rings. The highest BCUT2D eigenvalue weighted by Gasteiger charge is 2.19. The van der Waals surface area contributed by atoms with Crippen molar-refractivity contribution in [2.45, 2.75) is 25.3 Å². The number of hydrogen-bond acceptors (Lipinski definition) is 5. The summed E-state index contributed by atoms with van der Waals surface area (Å²) in [6, 6.07) is 23.4. The van der Waals surface area contributed by atoms with Gasteiger partial charge in [-0.25, -0.2) is 0 Å². The van der Waals surface area contributed by atoms with Crippen LogP contribution in [0.1, 0.15) is 28.8 Å².